The molecule has 0 bridgehead atoms. The number of rotatable bonds is 5. The molecule has 8 nitrogen and oxygen atoms in total. The van der Waals surface area contributed by atoms with Crippen LogP contribution in [0.3, 0.4) is 0 Å². The monoisotopic (exact) mass is 515 g/mol. The van der Waals surface area contributed by atoms with Crippen molar-refractivity contribution in [2.24, 2.45) is 5.92 Å². The Hall–Kier alpha value is -2.45. The second-order valence-electron chi connectivity index (χ2n) is 8.45. The van der Waals surface area contributed by atoms with Crippen molar-refractivity contribution >= 4 is 11.9 Å². The number of aliphatic carboxylic acids is 2. The molecule has 2 atom stereocenters. The summed E-state index contributed by atoms with van der Waals surface area (Å²) in [5, 5.41) is 14.2. The molecule has 3 aliphatic rings. The third-order valence-corrected chi connectivity index (χ3v) is 5.52. The van der Waals surface area contributed by atoms with Gasteiger partial charge in [0.25, 0.3) is 0 Å². The van der Waals surface area contributed by atoms with Crippen molar-refractivity contribution in [2.75, 3.05) is 32.8 Å². The van der Waals surface area contributed by atoms with Gasteiger partial charge in [0, 0.05) is 51.6 Å². The maximum absolute atomic E-state index is 10.6. The zero-order valence-electron chi connectivity index (χ0n) is 18.6. The largest absolute Gasteiger partial charge is 0.490 e. The van der Waals surface area contributed by atoms with E-state index in [1.54, 1.807) is 0 Å². The lowest BCUT2D eigenvalue weighted by molar-refractivity contribution is -0.193. The molecule has 35 heavy (non-hydrogen) atoms. The van der Waals surface area contributed by atoms with Crippen molar-refractivity contribution < 1.29 is 50.9 Å². The molecule has 3 fully saturated rings. The molecule has 2 aliphatic heterocycles. The molecular formula is C21H27F6N3O5. The molecule has 2 saturated heterocycles. The molecule has 2 N–H and O–H groups in total. The van der Waals surface area contributed by atoms with Gasteiger partial charge < -0.3 is 14.9 Å². The van der Waals surface area contributed by atoms with Gasteiger partial charge in [0.2, 0.25) is 0 Å². The number of carbonyl (C=O) groups is 2. The Balaban J connectivity index is 0.000000257. The Labute approximate surface area is 197 Å². The Kier molecular flexibility index (Phi) is 10.3. The standard InChI is InChI=1S/C17H25N3O.2C2HF3O2/c1-2-6-18-15(3-1)10-19-7-8-20-12-17(9-16(20)11-19)21-13-14-4-5-14;2*3-2(4,5)1(6)7/h1-3,6,14,16-17H,4-5,7-13H2;2*(H,6,7)/t16-,17+;;/m1../s1. The molecular weight excluding hydrogens is 488 g/mol. The van der Waals surface area contributed by atoms with Gasteiger partial charge in [0.15, 0.2) is 0 Å². The second kappa shape index (κ2) is 12.5. The first kappa shape index (κ1) is 28.8. The highest BCUT2D eigenvalue weighted by molar-refractivity contribution is 5.73. The van der Waals surface area contributed by atoms with Crippen LogP contribution in [0.25, 0.3) is 0 Å². The van der Waals surface area contributed by atoms with Crippen LogP contribution in [0.5, 0.6) is 0 Å². The van der Waals surface area contributed by atoms with E-state index in [1.807, 2.05) is 12.3 Å². The minimum absolute atomic E-state index is 0.477. The summed E-state index contributed by atoms with van der Waals surface area (Å²) in [6, 6.07) is 6.88. The zero-order chi connectivity index (χ0) is 26.2. The van der Waals surface area contributed by atoms with Gasteiger partial charge in [-0.2, -0.15) is 26.3 Å². The molecule has 1 aliphatic carbocycles. The number of hydrogen-bond acceptors (Lipinski definition) is 6. The van der Waals surface area contributed by atoms with Gasteiger partial charge in [-0.25, -0.2) is 9.59 Å². The molecule has 3 heterocycles. The van der Waals surface area contributed by atoms with Crippen molar-refractivity contribution in [3.8, 4) is 0 Å². The molecule has 0 spiro atoms. The lowest BCUT2D eigenvalue weighted by atomic mass is 10.1. The Morgan fingerprint density at radius 2 is 1.60 bits per heavy atom. The highest BCUT2D eigenvalue weighted by Crippen LogP contribution is 2.31. The summed E-state index contributed by atoms with van der Waals surface area (Å²) < 4.78 is 69.6. The predicted octanol–water partition coefficient (Wildman–Crippen LogP) is 3.03. The van der Waals surface area contributed by atoms with Crippen LogP contribution >= 0.6 is 0 Å². The topological polar surface area (TPSA) is 103 Å². The van der Waals surface area contributed by atoms with Gasteiger partial charge in [-0.05, 0) is 37.3 Å². The quantitative estimate of drug-likeness (QED) is 0.577. The van der Waals surface area contributed by atoms with Gasteiger partial charge >= 0.3 is 24.3 Å². The van der Waals surface area contributed by atoms with Crippen LogP contribution < -0.4 is 0 Å². The highest BCUT2D eigenvalue weighted by atomic mass is 19.4. The molecule has 1 saturated carbocycles. The van der Waals surface area contributed by atoms with Gasteiger partial charge in [-0.15, -0.1) is 0 Å². The van der Waals surface area contributed by atoms with Gasteiger partial charge in [0.1, 0.15) is 0 Å². The first-order valence-electron chi connectivity index (χ1n) is 10.8. The lowest BCUT2D eigenvalue weighted by Gasteiger charge is -2.37. The summed E-state index contributed by atoms with van der Waals surface area (Å²) in [6.45, 7) is 6.64. The number of piperazine rings is 1. The summed E-state index contributed by atoms with van der Waals surface area (Å²) in [4.78, 5) is 27.4. The predicted molar refractivity (Wildman–Crippen MR) is 109 cm³/mol. The number of fused-ring (bicyclic) bond motifs is 1. The molecule has 1 aromatic rings. The van der Waals surface area contributed by atoms with Crippen molar-refractivity contribution in [3.63, 3.8) is 0 Å². The van der Waals surface area contributed by atoms with Gasteiger partial charge in [0.05, 0.1) is 11.8 Å². The molecule has 0 radical (unpaired) electrons. The number of carboxylic acid groups (broad SMARTS) is 2. The van der Waals surface area contributed by atoms with Crippen LogP contribution in [-0.2, 0) is 20.9 Å². The zero-order valence-corrected chi connectivity index (χ0v) is 18.6. The van der Waals surface area contributed by atoms with E-state index >= 15 is 0 Å². The number of halogens is 6. The fourth-order valence-corrected chi connectivity index (χ4v) is 3.60. The summed E-state index contributed by atoms with van der Waals surface area (Å²) in [5.41, 5.74) is 1.19. The number of hydrogen-bond donors (Lipinski definition) is 2. The maximum atomic E-state index is 10.6. The Morgan fingerprint density at radius 3 is 2.09 bits per heavy atom. The third-order valence-electron chi connectivity index (χ3n) is 5.52. The molecule has 0 amide bonds. The van der Waals surface area contributed by atoms with Crippen LogP contribution in [0.4, 0.5) is 26.3 Å². The summed E-state index contributed by atoms with van der Waals surface area (Å²) in [6.07, 6.45) is -3.81. The average Bonchev–Trinajstić information content (AvgIpc) is 3.50. The normalized spacial score (nSPS) is 22.8. The van der Waals surface area contributed by atoms with Crippen molar-refractivity contribution in [1.29, 1.82) is 0 Å². The van der Waals surface area contributed by atoms with Crippen LogP contribution in [0.15, 0.2) is 24.4 Å². The number of alkyl halides is 6. The summed E-state index contributed by atoms with van der Waals surface area (Å²) >= 11 is 0. The molecule has 1 aromatic heterocycles. The number of carboxylic acids is 2. The van der Waals surface area contributed by atoms with Crippen molar-refractivity contribution in [1.82, 2.24) is 14.8 Å². The van der Waals surface area contributed by atoms with Crippen LogP contribution in [0, 0.1) is 5.92 Å². The van der Waals surface area contributed by atoms with E-state index in [4.69, 9.17) is 24.5 Å². The van der Waals surface area contributed by atoms with E-state index < -0.39 is 24.3 Å². The molecule has 198 valence electrons. The van der Waals surface area contributed by atoms with E-state index in [1.165, 1.54) is 38.0 Å². The molecule has 4 rings (SSSR count). The van der Waals surface area contributed by atoms with Crippen molar-refractivity contribution in [2.45, 2.75) is 50.3 Å². The van der Waals surface area contributed by atoms with E-state index in [0.717, 1.165) is 32.2 Å². The smallest absolute Gasteiger partial charge is 0.475 e. The maximum Gasteiger partial charge on any atom is 0.490 e. The summed E-state index contributed by atoms with van der Waals surface area (Å²) in [7, 11) is 0. The third kappa shape index (κ3) is 10.8. The van der Waals surface area contributed by atoms with E-state index in [2.05, 4.69) is 26.9 Å². The van der Waals surface area contributed by atoms with E-state index in [9.17, 15) is 26.3 Å². The number of nitrogens with zero attached hydrogens (tertiary/aromatic N) is 3. The molecule has 14 heteroatoms. The first-order valence-corrected chi connectivity index (χ1v) is 10.8. The Morgan fingerprint density at radius 1 is 1.00 bits per heavy atom. The average molecular weight is 515 g/mol. The van der Waals surface area contributed by atoms with Crippen molar-refractivity contribution in [3.05, 3.63) is 30.1 Å². The summed E-state index contributed by atoms with van der Waals surface area (Å²) in [5.74, 6) is -4.64. The van der Waals surface area contributed by atoms with Gasteiger partial charge in [-0.1, -0.05) is 6.07 Å². The number of pyridine rings is 1. The van der Waals surface area contributed by atoms with Gasteiger partial charge in [-0.3, -0.25) is 14.8 Å². The van der Waals surface area contributed by atoms with Crippen LogP contribution in [-0.4, -0.2) is 94.2 Å². The van der Waals surface area contributed by atoms with Crippen LogP contribution in [0.2, 0.25) is 0 Å². The minimum Gasteiger partial charge on any atom is -0.475 e. The molecule has 0 aromatic carbocycles. The lowest BCUT2D eigenvalue weighted by Crippen LogP contribution is -2.49. The fourth-order valence-electron chi connectivity index (χ4n) is 3.60. The van der Waals surface area contributed by atoms with E-state index in [-0.39, 0.29) is 0 Å². The molecule has 0 unspecified atom stereocenters. The SMILES string of the molecule is O=C(O)C(F)(F)F.O=C(O)C(F)(F)F.c1ccc(CN2CCN3C[C@@H](OCC4CC4)C[C@@H]3C2)nc1. The van der Waals surface area contributed by atoms with E-state index in [0.29, 0.717) is 12.1 Å². The number of ether oxygens (including phenoxy) is 1. The second-order valence-corrected chi connectivity index (χ2v) is 8.45. The first-order chi connectivity index (χ1) is 16.3. The Bertz CT molecular complexity index is 796. The highest BCUT2D eigenvalue weighted by Gasteiger charge is 2.39. The number of aromatic nitrogens is 1. The minimum atomic E-state index is -5.08. The van der Waals surface area contributed by atoms with Crippen LogP contribution in [0.1, 0.15) is 25.0 Å². The fraction of sp³-hybridized carbons (Fsp3) is 0.667.